The standard InChI is InChI=1S/C18H32N4O/c1-14(6-9-20-15(2)13-23)21-12-17-7-10-22(3)18(17)16-5-4-8-19-11-16/h4-5,8,11,14-15,17-18,20-21,23H,6-7,9-10,12-13H2,1-3H3. The second-order valence-corrected chi connectivity index (χ2v) is 6.90. The number of hydrogen-bond acceptors (Lipinski definition) is 5. The van der Waals surface area contributed by atoms with Crippen LogP contribution in [0.15, 0.2) is 24.5 Å². The molecule has 5 heteroatoms. The number of hydrogen-bond donors (Lipinski definition) is 3. The van der Waals surface area contributed by atoms with Gasteiger partial charge in [-0.3, -0.25) is 9.88 Å². The Hall–Kier alpha value is -1.01. The molecule has 0 spiro atoms. The highest BCUT2D eigenvalue weighted by molar-refractivity contribution is 5.17. The summed E-state index contributed by atoms with van der Waals surface area (Å²) >= 11 is 0. The average molecular weight is 320 g/mol. The molecule has 1 aromatic heterocycles. The van der Waals surface area contributed by atoms with E-state index in [1.54, 1.807) is 0 Å². The maximum Gasteiger partial charge on any atom is 0.0581 e. The quantitative estimate of drug-likeness (QED) is 0.642. The third-order valence-corrected chi connectivity index (χ3v) is 4.87. The van der Waals surface area contributed by atoms with Gasteiger partial charge in [0.15, 0.2) is 0 Å². The van der Waals surface area contributed by atoms with Crippen molar-refractivity contribution in [2.24, 2.45) is 5.92 Å². The molecule has 0 saturated carbocycles. The molecule has 0 bridgehead atoms. The predicted octanol–water partition coefficient (Wildman–Crippen LogP) is 1.41. The Balaban J connectivity index is 1.78. The molecular weight excluding hydrogens is 288 g/mol. The van der Waals surface area contributed by atoms with Gasteiger partial charge in [-0.15, -0.1) is 0 Å². The first-order valence-electron chi connectivity index (χ1n) is 8.79. The molecule has 0 amide bonds. The van der Waals surface area contributed by atoms with Crippen LogP contribution in [0, 0.1) is 5.92 Å². The third-order valence-electron chi connectivity index (χ3n) is 4.87. The number of nitrogens with one attached hydrogen (secondary N) is 2. The molecule has 1 aliphatic heterocycles. The van der Waals surface area contributed by atoms with Crippen molar-refractivity contribution in [3.8, 4) is 0 Å². The first-order valence-corrected chi connectivity index (χ1v) is 8.79. The van der Waals surface area contributed by atoms with E-state index in [9.17, 15) is 0 Å². The monoisotopic (exact) mass is 320 g/mol. The first kappa shape index (κ1) is 18.3. The van der Waals surface area contributed by atoms with Crippen LogP contribution >= 0.6 is 0 Å². The summed E-state index contributed by atoms with van der Waals surface area (Å²) in [5.41, 5.74) is 1.32. The Morgan fingerprint density at radius 1 is 1.35 bits per heavy atom. The third kappa shape index (κ3) is 5.53. The zero-order valence-electron chi connectivity index (χ0n) is 14.7. The Morgan fingerprint density at radius 2 is 2.17 bits per heavy atom. The van der Waals surface area contributed by atoms with E-state index in [-0.39, 0.29) is 12.6 Å². The summed E-state index contributed by atoms with van der Waals surface area (Å²) in [6.45, 7) is 7.57. The van der Waals surface area contributed by atoms with Gasteiger partial charge in [0.05, 0.1) is 6.61 Å². The average Bonchev–Trinajstić information content (AvgIpc) is 2.94. The molecular formula is C18H32N4O. The second kappa shape index (κ2) is 9.33. The number of likely N-dealkylation sites (tertiary alicyclic amines) is 1. The van der Waals surface area contributed by atoms with Crippen LogP contribution < -0.4 is 10.6 Å². The van der Waals surface area contributed by atoms with Crippen molar-refractivity contribution in [1.82, 2.24) is 20.5 Å². The normalized spacial score (nSPS) is 24.7. The fourth-order valence-corrected chi connectivity index (χ4v) is 3.38. The van der Waals surface area contributed by atoms with Crippen molar-refractivity contribution >= 4 is 0 Å². The fourth-order valence-electron chi connectivity index (χ4n) is 3.38. The zero-order chi connectivity index (χ0) is 16.7. The SMILES string of the molecule is CC(CO)NCCC(C)NCC1CCN(C)C1c1cccnc1. The van der Waals surface area contributed by atoms with Crippen LogP contribution in [0.2, 0.25) is 0 Å². The molecule has 4 atom stereocenters. The molecule has 2 heterocycles. The smallest absolute Gasteiger partial charge is 0.0581 e. The van der Waals surface area contributed by atoms with Gasteiger partial charge in [0.2, 0.25) is 0 Å². The van der Waals surface area contributed by atoms with Crippen LogP contribution in [0.4, 0.5) is 0 Å². The van der Waals surface area contributed by atoms with E-state index >= 15 is 0 Å². The van der Waals surface area contributed by atoms with Gasteiger partial charge in [0.1, 0.15) is 0 Å². The van der Waals surface area contributed by atoms with E-state index in [1.165, 1.54) is 12.0 Å². The number of nitrogens with zero attached hydrogens (tertiary/aromatic N) is 2. The highest BCUT2D eigenvalue weighted by Crippen LogP contribution is 2.35. The van der Waals surface area contributed by atoms with E-state index in [2.05, 4.69) is 40.6 Å². The van der Waals surface area contributed by atoms with Gasteiger partial charge in [-0.1, -0.05) is 6.07 Å². The molecule has 0 aromatic carbocycles. The Kier molecular flexibility index (Phi) is 7.43. The summed E-state index contributed by atoms with van der Waals surface area (Å²) in [4.78, 5) is 6.73. The maximum atomic E-state index is 9.02. The van der Waals surface area contributed by atoms with E-state index in [0.29, 0.717) is 18.0 Å². The van der Waals surface area contributed by atoms with Gasteiger partial charge in [-0.25, -0.2) is 0 Å². The number of pyridine rings is 1. The summed E-state index contributed by atoms with van der Waals surface area (Å²) in [6, 6.07) is 5.35. The van der Waals surface area contributed by atoms with Gasteiger partial charge in [0, 0.05) is 37.1 Å². The van der Waals surface area contributed by atoms with Gasteiger partial charge >= 0.3 is 0 Å². The minimum atomic E-state index is 0.181. The maximum absolute atomic E-state index is 9.02. The molecule has 5 nitrogen and oxygen atoms in total. The predicted molar refractivity (Wildman–Crippen MR) is 94.3 cm³/mol. The second-order valence-electron chi connectivity index (χ2n) is 6.90. The number of aromatic nitrogens is 1. The lowest BCUT2D eigenvalue weighted by atomic mass is 9.94. The van der Waals surface area contributed by atoms with Crippen molar-refractivity contribution in [2.45, 2.75) is 44.8 Å². The van der Waals surface area contributed by atoms with E-state index in [0.717, 1.165) is 26.1 Å². The number of rotatable bonds is 9. The highest BCUT2D eigenvalue weighted by Gasteiger charge is 2.32. The van der Waals surface area contributed by atoms with E-state index in [1.807, 2.05) is 25.4 Å². The van der Waals surface area contributed by atoms with Gasteiger partial charge in [0.25, 0.3) is 0 Å². The molecule has 1 saturated heterocycles. The van der Waals surface area contributed by atoms with Crippen LogP contribution in [0.5, 0.6) is 0 Å². The lowest BCUT2D eigenvalue weighted by Gasteiger charge is -2.26. The van der Waals surface area contributed by atoms with Gasteiger partial charge in [-0.05, 0) is 64.4 Å². The molecule has 130 valence electrons. The summed E-state index contributed by atoms with van der Waals surface area (Å²) < 4.78 is 0. The van der Waals surface area contributed by atoms with Crippen LogP contribution in [-0.4, -0.2) is 60.4 Å². The zero-order valence-corrected chi connectivity index (χ0v) is 14.7. The van der Waals surface area contributed by atoms with Crippen molar-refractivity contribution < 1.29 is 5.11 Å². The molecule has 23 heavy (non-hydrogen) atoms. The molecule has 1 fully saturated rings. The van der Waals surface area contributed by atoms with Crippen molar-refractivity contribution in [2.75, 3.05) is 33.3 Å². The molecule has 3 N–H and O–H groups in total. The lowest BCUT2D eigenvalue weighted by Crippen LogP contribution is -2.37. The van der Waals surface area contributed by atoms with E-state index in [4.69, 9.17) is 5.11 Å². The Bertz CT molecular complexity index is 442. The number of aliphatic hydroxyl groups excluding tert-OH is 1. The molecule has 2 rings (SSSR count). The molecule has 0 aliphatic carbocycles. The minimum Gasteiger partial charge on any atom is -0.395 e. The largest absolute Gasteiger partial charge is 0.395 e. The Morgan fingerprint density at radius 3 is 2.87 bits per heavy atom. The highest BCUT2D eigenvalue weighted by atomic mass is 16.3. The van der Waals surface area contributed by atoms with Crippen LogP contribution in [0.1, 0.15) is 38.3 Å². The summed E-state index contributed by atoms with van der Waals surface area (Å²) in [6.07, 6.45) is 6.15. The summed E-state index contributed by atoms with van der Waals surface area (Å²) in [5.74, 6) is 0.635. The molecule has 1 aliphatic rings. The van der Waals surface area contributed by atoms with Crippen molar-refractivity contribution in [3.63, 3.8) is 0 Å². The Labute approximate surface area is 140 Å². The topological polar surface area (TPSA) is 60.4 Å². The summed E-state index contributed by atoms with van der Waals surface area (Å²) in [5, 5.41) is 16.0. The van der Waals surface area contributed by atoms with Crippen molar-refractivity contribution in [1.29, 1.82) is 0 Å². The van der Waals surface area contributed by atoms with Crippen LogP contribution in [0.3, 0.4) is 0 Å². The lowest BCUT2D eigenvalue weighted by molar-refractivity contribution is 0.248. The fraction of sp³-hybridized carbons (Fsp3) is 0.722. The van der Waals surface area contributed by atoms with E-state index < -0.39 is 0 Å². The van der Waals surface area contributed by atoms with Crippen molar-refractivity contribution in [3.05, 3.63) is 30.1 Å². The first-order chi connectivity index (χ1) is 11.1. The minimum absolute atomic E-state index is 0.181. The molecule has 0 radical (unpaired) electrons. The van der Waals surface area contributed by atoms with Gasteiger partial charge < -0.3 is 15.7 Å². The summed E-state index contributed by atoms with van der Waals surface area (Å²) in [7, 11) is 2.21. The van der Waals surface area contributed by atoms with Crippen LogP contribution in [0.25, 0.3) is 0 Å². The number of aliphatic hydroxyl groups is 1. The molecule has 1 aromatic rings. The van der Waals surface area contributed by atoms with Gasteiger partial charge in [-0.2, -0.15) is 0 Å². The molecule has 4 unspecified atom stereocenters. The van der Waals surface area contributed by atoms with Crippen LogP contribution in [-0.2, 0) is 0 Å².